The van der Waals surface area contributed by atoms with Crippen LogP contribution in [0.25, 0.3) is 0 Å². The van der Waals surface area contributed by atoms with E-state index in [1.54, 1.807) is 13.8 Å². The molecule has 0 saturated carbocycles. The maximum absolute atomic E-state index is 11.9. The van der Waals surface area contributed by atoms with Gasteiger partial charge in [0.05, 0.1) is 0 Å². The van der Waals surface area contributed by atoms with Crippen LogP contribution >= 0.6 is 0 Å². The highest BCUT2D eigenvalue weighted by Gasteiger charge is 2.30. The van der Waals surface area contributed by atoms with Crippen LogP contribution in [0, 0.1) is 0 Å². The van der Waals surface area contributed by atoms with Crippen LogP contribution in [0.3, 0.4) is 0 Å². The number of ether oxygens (including phenoxy) is 1. The van der Waals surface area contributed by atoms with Gasteiger partial charge in [0.2, 0.25) is 0 Å². The molecule has 110 valence electrons. The zero-order valence-corrected chi connectivity index (χ0v) is 12.1. The fraction of sp³-hybridized carbons (Fsp3) is 0.467. The maximum atomic E-state index is 11.9. The van der Waals surface area contributed by atoms with Gasteiger partial charge in [-0.05, 0) is 32.3 Å². The van der Waals surface area contributed by atoms with Gasteiger partial charge in [-0.2, -0.15) is 0 Å². The molecule has 1 rings (SSSR count). The number of methoxy groups -OCH3 is 1. The van der Waals surface area contributed by atoms with Gasteiger partial charge in [0.15, 0.2) is 0 Å². The molecule has 0 saturated heterocycles. The first kappa shape index (κ1) is 16.2. The van der Waals surface area contributed by atoms with Gasteiger partial charge >= 0.3 is 5.97 Å². The number of benzene rings is 1. The quantitative estimate of drug-likeness (QED) is 0.795. The molecule has 1 atom stereocenters. The van der Waals surface area contributed by atoms with Gasteiger partial charge in [0.25, 0.3) is 5.91 Å². The molecule has 1 aromatic rings. The Bertz CT molecular complexity index is 456. The molecule has 0 aliphatic rings. The molecule has 0 aromatic heterocycles. The van der Waals surface area contributed by atoms with Crippen molar-refractivity contribution in [2.24, 2.45) is 0 Å². The number of aryl methyl sites for hydroxylation is 1. The molecule has 1 unspecified atom stereocenters. The van der Waals surface area contributed by atoms with Crippen molar-refractivity contribution in [3.63, 3.8) is 0 Å². The first-order valence-corrected chi connectivity index (χ1v) is 6.49. The van der Waals surface area contributed by atoms with Crippen LogP contribution in [0.4, 0.5) is 0 Å². The van der Waals surface area contributed by atoms with Crippen LogP contribution in [0.1, 0.15) is 25.8 Å². The number of carbonyl (C=O) groups is 2. The van der Waals surface area contributed by atoms with E-state index in [2.05, 4.69) is 5.32 Å². The summed E-state index contributed by atoms with van der Waals surface area (Å²) in [6, 6.07) is 8.65. The minimum absolute atomic E-state index is 0.338. The minimum Gasteiger partial charge on any atom is -0.480 e. The van der Waals surface area contributed by atoms with Crippen molar-refractivity contribution in [3.05, 3.63) is 35.9 Å². The Morgan fingerprint density at radius 3 is 2.40 bits per heavy atom. The lowest BCUT2D eigenvalue weighted by Gasteiger charge is -2.24. The lowest BCUT2D eigenvalue weighted by atomic mass is 10.0. The van der Waals surface area contributed by atoms with Crippen LogP contribution in [-0.2, 0) is 20.7 Å². The van der Waals surface area contributed by atoms with Crippen molar-refractivity contribution >= 4 is 11.9 Å². The summed E-state index contributed by atoms with van der Waals surface area (Å²) in [6.45, 7) is 3.19. The number of amides is 1. The molecule has 5 heteroatoms. The second kappa shape index (κ2) is 7.05. The van der Waals surface area contributed by atoms with Crippen LogP contribution in [-0.4, -0.2) is 35.7 Å². The van der Waals surface area contributed by atoms with Gasteiger partial charge in [-0.1, -0.05) is 30.3 Å². The van der Waals surface area contributed by atoms with E-state index in [0.29, 0.717) is 12.8 Å². The predicted molar refractivity (Wildman–Crippen MR) is 75.4 cm³/mol. The van der Waals surface area contributed by atoms with Crippen molar-refractivity contribution in [2.45, 2.75) is 38.3 Å². The van der Waals surface area contributed by atoms with Gasteiger partial charge < -0.3 is 15.2 Å². The second-order valence-corrected chi connectivity index (χ2v) is 5.10. The number of carbonyl (C=O) groups excluding carboxylic acids is 1. The number of nitrogens with one attached hydrogen (secondary N) is 1. The van der Waals surface area contributed by atoms with E-state index in [1.807, 2.05) is 30.3 Å². The van der Waals surface area contributed by atoms with Gasteiger partial charge in [0.1, 0.15) is 11.6 Å². The topological polar surface area (TPSA) is 75.6 Å². The van der Waals surface area contributed by atoms with E-state index in [-0.39, 0.29) is 0 Å². The molecule has 5 nitrogen and oxygen atoms in total. The predicted octanol–water partition coefficient (Wildman–Crippen LogP) is 1.61. The fourth-order valence-electron chi connectivity index (χ4n) is 1.64. The highest BCUT2D eigenvalue weighted by molar-refractivity contribution is 5.88. The molecule has 1 aromatic carbocycles. The zero-order valence-electron chi connectivity index (χ0n) is 12.1. The van der Waals surface area contributed by atoms with Crippen LogP contribution in [0.15, 0.2) is 30.3 Å². The molecule has 2 N–H and O–H groups in total. The van der Waals surface area contributed by atoms with Gasteiger partial charge in [-0.3, -0.25) is 4.79 Å². The Kier molecular flexibility index (Phi) is 5.70. The first-order valence-electron chi connectivity index (χ1n) is 6.49. The average Bonchev–Trinajstić information content (AvgIpc) is 2.43. The Morgan fingerprint density at radius 1 is 1.30 bits per heavy atom. The molecule has 0 spiro atoms. The van der Waals surface area contributed by atoms with E-state index in [0.717, 1.165) is 5.56 Å². The minimum atomic E-state index is -1.04. The molecule has 0 aliphatic heterocycles. The third-order valence-electron chi connectivity index (χ3n) is 3.23. The van der Waals surface area contributed by atoms with Crippen LogP contribution in [0.5, 0.6) is 0 Å². The fourth-order valence-corrected chi connectivity index (χ4v) is 1.64. The zero-order chi connectivity index (χ0) is 15.2. The molecule has 1 amide bonds. The molecule has 0 fully saturated rings. The average molecular weight is 279 g/mol. The third-order valence-corrected chi connectivity index (χ3v) is 3.23. The van der Waals surface area contributed by atoms with E-state index >= 15 is 0 Å². The molecule has 20 heavy (non-hydrogen) atoms. The summed E-state index contributed by atoms with van der Waals surface area (Å²) >= 11 is 0. The van der Waals surface area contributed by atoms with Crippen molar-refractivity contribution in [1.29, 1.82) is 0 Å². The lowest BCUT2D eigenvalue weighted by molar-refractivity contribution is -0.147. The summed E-state index contributed by atoms with van der Waals surface area (Å²) in [4.78, 5) is 23.1. The molecule has 0 heterocycles. The molecule has 0 bridgehead atoms. The maximum Gasteiger partial charge on any atom is 0.326 e. The smallest absolute Gasteiger partial charge is 0.326 e. The van der Waals surface area contributed by atoms with Crippen molar-refractivity contribution in [1.82, 2.24) is 5.32 Å². The largest absolute Gasteiger partial charge is 0.480 e. The normalized spacial score (nSPS) is 12.8. The number of aliphatic carboxylic acids is 1. The van der Waals surface area contributed by atoms with Gasteiger partial charge in [-0.15, -0.1) is 0 Å². The Morgan fingerprint density at radius 2 is 1.90 bits per heavy atom. The Hall–Kier alpha value is -1.88. The summed E-state index contributed by atoms with van der Waals surface area (Å²) in [5, 5.41) is 11.7. The summed E-state index contributed by atoms with van der Waals surface area (Å²) in [5.74, 6) is -1.47. The Labute approximate surface area is 118 Å². The lowest BCUT2D eigenvalue weighted by Crippen LogP contribution is -2.50. The standard InChI is InChI=1S/C15H21NO4/c1-15(2,20-3)14(19)16-12(13(17)18)10-9-11-7-5-4-6-8-11/h4-8,12H,9-10H2,1-3H3,(H,16,19)(H,17,18). The van der Waals surface area contributed by atoms with Crippen molar-refractivity contribution < 1.29 is 19.4 Å². The van der Waals surface area contributed by atoms with E-state index in [4.69, 9.17) is 4.74 Å². The monoisotopic (exact) mass is 279 g/mol. The number of rotatable bonds is 7. The van der Waals surface area contributed by atoms with Gasteiger partial charge in [-0.25, -0.2) is 4.79 Å². The van der Waals surface area contributed by atoms with E-state index < -0.39 is 23.5 Å². The highest BCUT2D eigenvalue weighted by atomic mass is 16.5. The van der Waals surface area contributed by atoms with Crippen molar-refractivity contribution in [3.8, 4) is 0 Å². The van der Waals surface area contributed by atoms with Gasteiger partial charge in [0, 0.05) is 7.11 Å². The molecule has 0 radical (unpaired) electrons. The van der Waals surface area contributed by atoms with E-state index in [9.17, 15) is 14.7 Å². The third kappa shape index (κ3) is 4.66. The summed E-state index contributed by atoms with van der Waals surface area (Å²) in [6.07, 6.45) is 0.927. The van der Waals surface area contributed by atoms with Crippen LogP contribution < -0.4 is 5.32 Å². The first-order chi connectivity index (χ1) is 9.36. The Balaban J connectivity index is 2.62. The SMILES string of the molecule is COC(C)(C)C(=O)NC(CCc1ccccc1)C(=O)O. The summed E-state index contributed by atoms with van der Waals surface area (Å²) in [7, 11) is 1.42. The molecule has 0 aliphatic carbocycles. The number of carboxylic acid groups (broad SMARTS) is 1. The number of hydrogen-bond acceptors (Lipinski definition) is 3. The number of carboxylic acids is 1. The molecular weight excluding hydrogens is 258 g/mol. The second-order valence-electron chi connectivity index (χ2n) is 5.10. The number of hydrogen-bond donors (Lipinski definition) is 2. The summed E-state index contributed by atoms with van der Waals surface area (Å²) < 4.78 is 5.04. The van der Waals surface area contributed by atoms with Crippen LogP contribution in [0.2, 0.25) is 0 Å². The summed E-state index contributed by atoms with van der Waals surface area (Å²) in [5.41, 5.74) is -0.000482. The molecular formula is C15H21NO4. The van der Waals surface area contributed by atoms with Crippen molar-refractivity contribution in [2.75, 3.05) is 7.11 Å². The highest BCUT2D eigenvalue weighted by Crippen LogP contribution is 2.10. The van der Waals surface area contributed by atoms with E-state index in [1.165, 1.54) is 7.11 Å².